The van der Waals surface area contributed by atoms with Crippen LogP contribution >= 0.6 is 7.92 Å². The van der Waals surface area contributed by atoms with Gasteiger partial charge in [-0.25, -0.2) is 0 Å². The van der Waals surface area contributed by atoms with Crippen molar-refractivity contribution in [2.24, 2.45) is 0 Å². The van der Waals surface area contributed by atoms with Gasteiger partial charge in [0.2, 0.25) is 0 Å². The van der Waals surface area contributed by atoms with Crippen molar-refractivity contribution in [3.8, 4) is 0 Å². The molecule has 2 atom stereocenters. The molecule has 0 radical (unpaired) electrons. The zero-order valence-electron chi connectivity index (χ0n) is 12.1. The summed E-state index contributed by atoms with van der Waals surface area (Å²) in [6.45, 7) is 0. The molecule has 3 rings (SSSR count). The molecule has 2 unspecified atom stereocenters. The fourth-order valence-corrected chi connectivity index (χ4v) is 18.6. The Morgan fingerprint density at radius 2 is 1.52 bits per heavy atom. The molecular weight excluding hydrogens is 346 g/mol. The van der Waals surface area contributed by atoms with Crippen LogP contribution in [-0.4, -0.2) is 23.9 Å². The number of hydrogen-bond donors (Lipinski definition) is 0. The summed E-state index contributed by atoms with van der Waals surface area (Å²) in [4.78, 5) is 0. The third kappa shape index (κ3) is 2.57. The molecule has 1 aliphatic rings. The minimum absolute atomic E-state index is 0.667. The van der Waals surface area contributed by atoms with Crippen LogP contribution in [0.25, 0.3) is 0 Å². The van der Waals surface area contributed by atoms with Crippen molar-refractivity contribution in [2.75, 3.05) is 6.16 Å². The molecular formula is C17H19F2GeP. The van der Waals surface area contributed by atoms with E-state index < -0.39 is 25.7 Å². The van der Waals surface area contributed by atoms with Gasteiger partial charge in [-0.05, 0) is 0 Å². The maximum absolute atomic E-state index is 15.4. The summed E-state index contributed by atoms with van der Waals surface area (Å²) < 4.78 is 29.3. The Morgan fingerprint density at radius 3 is 2.14 bits per heavy atom. The first-order chi connectivity index (χ1) is 10.1. The molecule has 4 heteroatoms. The van der Waals surface area contributed by atoms with Crippen LogP contribution in [0.15, 0.2) is 60.7 Å². The van der Waals surface area contributed by atoms with Gasteiger partial charge >= 0.3 is 128 Å². The summed E-state index contributed by atoms with van der Waals surface area (Å²) in [6, 6.07) is 19.0. The predicted octanol–water partition coefficient (Wildman–Crippen LogP) is 4.32. The van der Waals surface area contributed by atoms with Crippen LogP contribution in [-0.2, 0) is 0 Å². The molecule has 0 N–H and O–H groups in total. The van der Waals surface area contributed by atoms with E-state index in [0.717, 1.165) is 21.4 Å². The molecule has 0 amide bonds. The first-order valence-corrected chi connectivity index (χ1v) is 14.5. The van der Waals surface area contributed by atoms with E-state index in [-0.39, 0.29) is 0 Å². The van der Waals surface area contributed by atoms with Crippen LogP contribution in [0.1, 0.15) is 6.42 Å². The molecule has 21 heavy (non-hydrogen) atoms. The third-order valence-corrected chi connectivity index (χ3v) is 20.2. The average molecular weight is 365 g/mol. The second-order valence-electron chi connectivity index (χ2n) is 5.83. The Balaban J connectivity index is 2.04. The van der Waals surface area contributed by atoms with Gasteiger partial charge in [0.05, 0.1) is 0 Å². The Hall–Kier alpha value is -0.727. The zero-order valence-corrected chi connectivity index (χ0v) is 15.1. The quantitative estimate of drug-likeness (QED) is 0.550. The molecule has 0 aliphatic carbocycles. The molecule has 1 fully saturated rings. The normalized spacial score (nSPS) is 28.2. The van der Waals surface area contributed by atoms with Gasteiger partial charge < -0.3 is 0 Å². The van der Waals surface area contributed by atoms with Crippen molar-refractivity contribution in [2.45, 2.75) is 21.9 Å². The minimum atomic E-state index is -3.40. The monoisotopic (exact) mass is 366 g/mol. The van der Waals surface area contributed by atoms with Crippen molar-refractivity contribution in [3.05, 3.63) is 60.7 Å². The van der Waals surface area contributed by atoms with E-state index in [0.29, 0.717) is 6.16 Å². The maximum atomic E-state index is 15.4. The third-order valence-electron chi connectivity index (χ3n) is 4.54. The van der Waals surface area contributed by atoms with E-state index in [4.69, 9.17) is 0 Å². The van der Waals surface area contributed by atoms with Gasteiger partial charge in [0.25, 0.3) is 0 Å². The van der Waals surface area contributed by atoms with Crippen molar-refractivity contribution in [1.29, 1.82) is 0 Å². The second kappa shape index (κ2) is 5.81. The van der Waals surface area contributed by atoms with Crippen molar-refractivity contribution in [3.63, 3.8) is 0 Å². The number of rotatable bonds is 2. The zero-order chi connectivity index (χ0) is 14.9. The summed E-state index contributed by atoms with van der Waals surface area (Å²) in [5, 5.41) is 1.60. The summed E-state index contributed by atoms with van der Waals surface area (Å²) in [6.07, 6.45) is 1.61. The van der Waals surface area contributed by atoms with Crippen LogP contribution in [0, 0.1) is 0 Å². The topological polar surface area (TPSA) is 0 Å². The van der Waals surface area contributed by atoms with E-state index >= 15 is 8.78 Å². The molecule has 1 saturated heterocycles. The molecule has 0 bridgehead atoms. The second-order valence-corrected chi connectivity index (χ2v) is 18.3. The number of alkyl halides is 2. The molecule has 0 aromatic heterocycles. The van der Waals surface area contributed by atoms with E-state index in [9.17, 15) is 0 Å². The predicted molar refractivity (Wildman–Crippen MR) is 89.9 cm³/mol. The van der Waals surface area contributed by atoms with Gasteiger partial charge in [0, 0.05) is 0 Å². The standard InChI is InChI=1S/C17H19F2GeP/c1-20(15-9-4-2-5-10-15)13-8-14-21(17(20,18)19)16-11-6-3-7-12-16/h2-7,9-12H,8,13-14H2,1H3. The number of halogens is 2. The summed E-state index contributed by atoms with van der Waals surface area (Å²) in [5.41, 5.74) is 0. The van der Waals surface area contributed by atoms with Crippen molar-refractivity contribution < 1.29 is 8.78 Å². The molecule has 0 nitrogen and oxygen atoms in total. The van der Waals surface area contributed by atoms with Crippen molar-refractivity contribution in [1.82, 2.24) is 0 Å². The Morgan fingerprint density at radius 1 is 0.952 bits per heavy atom. The first kappa shape index (κ1) is 15.2. The SMILES string of the molecule is [CH3][Ge]1([c]2ccccc2)[CH2]CCP(c2ccccc2)[C]1(F)F. The fourth-order valence-electron chi connectivity index (χ4n) is 3.20. The summed E-state index contributed by atoms with van der Waals surface area (Å²) >= 11 is -3.40. The molecule has 1 heterocycles. The van der Waals surface area contributed by atoms with Crippen LogP contribution in [0.3, 0.4) is 0 Å². The van der Waals surface area contributed by atoms with Gasteiger partial charge in [0.15, 0.2) is 0 Å². The Kier molecular flexibility index (Phi) is 4.20. The Labute approximate surface area is 128 Å². The van der Waals surface area contributed by atoms with Gasteiger partial charge in [-0.2, -0.15) is 0 Å². The fraction of sp³-hybridized carbons (Fsp3) is 0.294. The van der Waals surface area contributed by atoms with Crippen LogP contribution in [0.5, 0.6) is 0 Å². The van der Waals surface area contributed by atoms with E-state index in [2.05, 4.69) is 0 Å². The molecule has 0 saturated carbocycles. The van der Waals surface area contributed by atoms with E-state index in [1.54, 1.807) is 0 Å². The number of hydrogen-bond acceptors (Lipinski definition) is 0. The van der Waals surface area contributed by atoms with E-state index in [1.165, 1.54) is 0 Å². The molecule has 1 aliphatic heterocycles. The average Bonchev–Trinajstić information content (AvgIpc) is 2.52. The van der Waals surface area contributed by atoms with Gasteiger partial charge in [-0.3, -0.25) is 0 Å². The van der Waals surface area contributed by atoms with Gasteiger partial charge in [-0.15, -0.1) is 0 Å². The first-order valence-electron chi connectivity index (χ1n) is 7.32. The van der Waals surface area contributed by atoms with E-state index in [1.807, 2.05) is 66.4 Å². The molecule has 0 spiro atoms. The molecule has 2 aromatic carbocycles. The van der Waals surface area contributed by atoms with Crippen molar-refractivity contribution >= 4 is 30.9 Å². The molecule has 110 valence electrons. The van der Waals surface area contributed by atoms with Crippen LogP contribution in [0.4, 0.5) is 8.78 Å². The Bertz CT molecular complexity index is 603. The van der Waals surface area contributed by atoms with Gasteiger partial charge in [0.1, 0.15) is 0 Å². The summed E-state index contributed by atoms with van der Waals surface area (Å²) in [5.74, 6) is 1.92. The number of benzene rings is 2. The molecule has 2 aromatic rings. The van der Waals surface area contributed by atoms with Gasteiger partial charge in [-0.1, -0.05) is 0 Å². The van der Waals surface area contributed by atoms with Crippen LogP contribution < -0.4 is 9.70 Å². The summed E-state index contributed by atoms with van der Waals surface area (Å²) in [7, 11) is -1.37. The van der Waals surface area contributed by atoms with Crippen LogP contribution in [0.2, 0.25) is 11.0 Å².